The van der Waals surface area contributed by atoms with Gasteiger partial charge in [0.15, 0.2) is 0 Å². The van der Waals surface area contributed by atoms with Crippen LogP contribution in [0.5, 0.6) is 0 Å². The molecule has 0 fully saturated rings. The van der Waals surface area contributed by atoms with Crippen LogP contribution in [0.2, 0.25) is 0 Å². The number of hydrogen-bond donors (Lipinski definition) is 0. The molecule has 1 aliphatic rings. The largest absolute Gasteiger partial charge is 0.333 e. The highest BCUT2D eigenvalue weighted by molar-refractivity contribution is 5.14. The monoisotopic (exact) mass is 213 g/mol. The van der Waals surface area contributed by atoms with Gasteiger partial charge in [-0.25, -0.2) is 4.98 Å². The number of imidazole rings is 1. The summed E-state index contributed by atoms with van der Waals surface area (Å²) in [5.74, 6) is 1.18. The summed E-state index contributed by atoms with van der Waals surface area (Å²) in [5.41, 5.74) is 1.38. The maximum absolute atomic E-state index is 4.37. The molecule has 3 heteroatoms. The maximum atomic E-state index is 4.37. The van der Waals surface area contributed by atoms with Gasteiger partial charge in [0.1, 0.15) is 5.82 Å². The molecular formula is C13H15N3. The van der Waals surface area contributed by atoms with E-state index >= 15 is 0 Å². The van der Waals surface area contributed by atoms with Crippen molar-refractivity contribution in [3.63, 3.8) is 0 Å². The van der Waals surface area contributed by atoms with Gasteiger partial charge in [0.25, 0.3) is 0 Å². The molecule has 16 heavy (non-hydrogen) atoms. The first-order valence-corrected chi connectivity index (χ1v) is 5.68. The maximum Gasteiger partial charge on any atom is 0.122 e. The third kappa shape index (κ3) is 1.86. The van der Waals surface area contributed by atoms with Gasteiger partial charge in [-0.2, -0.15) is 0 Å². The zero-order valence-electron chi connectivity index (χ0n) is 9.21. The number of fused-ring (bicyclic) bond motifs is 1. The summed E-state index contributed by atoms with van der Waals surface area (Å²) < 4.78 is 2.24. The smallest absolute Gasteiger partial charge is 0.122 e. The van der Waals surface area contributed by atoms with Crippen molar-refractivity contribution in [1.82, 2.24) is 14.5 Å². The van der Waals surface area contributed by atoms with Crippen LogP contribution in [-0.4, -0.2) is 21.0 Å². The van der Waals surface area contributed by atoms with Crippen molar-refractivity contribution in [2.24, 2.45) is 0 Å². The Labute approximate surface area is 95.3 Å². The summed E-state index contributed by atoms with van der Waals surface area (Å²) in [4.78, 5) is 6.81. The fraction of sp³-hybridized carbons (Fsp3) is 0.308. The van der Waals surface area contributed by atoms with Gasteiger partial charge in [-0.3, -0.25) is 4.90 Å². The molecule has 0 unspecified atom stereocenters. The molecule has 2 heterocycles. The van der Waals surface area contributed by atoms with Gasteiger partial charge < -0.3 is 4.57 Å². The summed E-state index contributed by atoms with van der Waals surface area (Å²) in [6.45, 7) is 4.15. The first-order chi connectivity index (χ1) is 7.92. The second-order valence-corrected chi connectivity index (χ2v) is 4.23. The van der Waals surface area contributed by atoms with Crippen molar-refractivity contribution in [2.45, 2.75) is 19.6 Å². The summed E-state index contributed by atoms with van der Waals surface area (Å²) in [5, 5.41) is 0. The molecule has 1 aliphatic heterocycles. The fourth-order valence-corrected chi connectivity index (χ4v) is 2.20. The molecule has 1 aromatic carbocycles. The van der Waals surface area contributed by atoms with Crippen molar-refractivity contribution >= 4 is 0 Å². The van der Waals surface area contributed by atoms with E-state index in [0.717, 1.165) is 26.2 Å². The highest BCUT2D eigenvalue weighted by atomic mass is 15.2. The third-order valence-electron chi connectivity index (χ3n) is 3.07. The van der Waals surface area contributed by atoms with Crippen LogP contribution in [-0.2, 0) is 19.6 Å². The molecule has 0 radical (unpaired) electrons. The Morgan fingerprint density at radius 1 is 1.12 bits per heavy atom. The van der Waals surface area contributed by atoms with Gasteiger partial charge >= 0.3 is 0 Å². The lowest BCUT2D eigenvalue weighted by Gasteiger charge is -2.27. The van der Waals surface area contributed by atoms with Crippen molar-refractivity contribution in [1.29, 1.82) is 0 Å². The Morgan fingerprint density at radius 2 is 2.00 bits per heavy atom. The molecule has 3 rings (SSSR count). The van der Waals surface area contributed by atoms with Gasteiger partial charge in [0.05, 0.1) is 6.54 Å². The first kappa shape index (κ1) is 9.60. The average Bonchev–Trinajstić information content (AvgIpc) is 2.77. The van der Waals surface area contributed by atoms with E-state index < -0.39 is 0 Å². The van der Waals surface area contributed by atoms with Crippen LogP contribution in [0.4, 0.5) is 0 Å². The van der Waals surface area contributed by atoms with E-state index in [1.165, 1.54) is 11.4 Å². The predicted molar refractivity (Wildman–Crippen MR) is 62.8 cm³/mol. The SMILES string of the molecule is c1ccc(CN2CCn3ccnc3C2)cc1. The van der Waals surface area contributed by atoms with Gasteiger partial charge in [-0.15, -0.1) is 0 Å². The zero-order valence-corrected chi connectivity index (χ0v) is 9.21. The Kier molecular flexibility index (Phi) is 2.46. The summed E-state index contributed by atoms with van der Waals surface area (Å²) in [6, 6.07) is 10.6. The van der Waals surface area contributed by atoms with Gasteiger partial charge in [-0.1, -0.05) is 30.3 Å². The van der Waals surface area contributed by atoms with Crippen molar-refractivity contribution in [3.8, 4) is 0 Å². The molecule has 0 saturated heterocycles. The minimum absolute atomic E-state index is 0.960. The molecule has 3 nitrogen and oxygen atoms in total. The van der Waals surface area contributed by atoms with E-state index in [2.05, 4.69) is 51.0 Å². The standard InChI is InChI=1S/C13H15N3/c1-2-4-12(5-3-1)10-15-8-9-16-7-6-14-13(16)11-15/h1-7H,8-11H2. The van der Waals surface area contributed by atoms with Crippen molar-refractivity contribution < 1.29 is 0 Å². The Hall–Kier alpha value is -1.61. The van der Waals surface area contributed by atoms with E-state index in [9.17, 15) is 0 Å². The van der Waals surface area contributed by atoms with Crippen LogP contribution in [0.1, 0.15) is 11.4 Å². The quantitative estimate of drug-likeness (QED) is 0.759. The van der Waals surface area contributed by atoms with Crippen LogP contribution in [0.3, 0.4) is 0 Å². The van der Waals surface area contributed by atoms with Gasteiger partial charge in [0, 0.05) is 32.0 Å². The van der Waals surface area contributed by atoms with Gasteiger partial charge in [0.2, 0.25) is 0 Å². The lowest BCUT2D eigenvalue weighted by molar-refractivity contribution is 0.209. The number of aromatic nitrogens is 2. The van der Waals surface area contributed by atoms with Crippen molar-refractivity contribution in [3.05, 3.63) is 54.1 Å². The van der Waals surface area contributed by atoms with E-state index in [4.69, 9.17) is 0 Å². The Morgan fingerprint density at radius 3 is 2.88 bits per heavy atom. The second-order valence-electron chi connectivity index (χ2n) is 4.23. The van der Waals surface area contributed by atoms with Gasteiger partial charge in [-0.05, 0) is 5.56 Å². The minimum atomic E-state index is 0.960. The van der Waals surface area contributed by atoms with Crippen LogP contribution in [0, 0.1) is 0 Å². The summed E-state index contributed by atoms with van der Waals surface area (Å²) in [7, 11) is 0. The van der Waals surface area contributed by atoms with E-state index in [-0.39, 0.29) is 0 Å². The molecule has 0 aliphatic carbocycles. The molecule has 1 aromatic heterocycles. The van der Waals surface area contributed by atoms with Crippen LogP contribution < -0.4 is 0 Å². The van der Waals surface area contributed by atoms with E-state index in [1.54, 1.807) is 0 Å². The topological polar surface area (TPSA) is 21.1 Å². The molecule has 0 amide bonds. The normalized spacial score (nSPS) is 16.0. The minimum Gasteiger partial charge on any atom is -0.333 e. The fourth-order valence-electron chi connectivity index (χ4n) is 2.20. The molecule has 0 spiro atoms. The summed E-state index contributed by atoms with van der Waals surface area (Å²) >= 11 is 0. The van der Waals surface area contributed by atoms with E-state index in [0.29, 0.717) is 0 Å². The number of benzene rings is 1. The van der Waals surface area contributed by atoms with Crippen LogP contribution in [0.25, 0.3) is 0 Å². The molecule has 0 bridgehead atoms. The first-order valence-electron chi connectivity index (χ1n) is 5.68. The molecule has 2 aromatic rings. The Bertz CT molecular complexity index is 461. The number of hydrogen-bond acceptors (Lipinski definition) is 2. The molecular weight excluding hydrogens is 198 g/mol. The molecule has 0 saturated carbocycles. The lowest BCUT2D eigenvalue weighted by atomic mass is 10.2. The van der Waals surface area contributed by atoms with Crippen LogP contribution >= 0.6 is 0 Å². The van der Waals surface area contributed by atoms with Crippen molar-refractivity contribution in [2.75, 3.05) is 6.54 Å². The second kappa shape index (κ2) is 4.10. The van der Waals surface area contributed by atoms with Crippen LogP contribution in [0.15, 0.2) is 42.7 Å². The highest BCUT2D eigenvalue weighted by Crippen LogP contribution is 2.13. The zero-order chi connectivity index (χ0) is 10.8. The average molecular weight is 213 g/mol. The highest BCUT2D eigenvalue weighted by Gasteiger charge is 2.15. The predicted octanol–water partition coefficient (Wildman–Crippen LogP) is 1.90. The summed E-state index contributed by atoms with van der Waals surface area (Å²) in [6.07, 6.45) is 3.95. The third-order valence-corrected chi connectivity index (χ3v) is 3.07. The number of nitrogens with zero attached hydrogens (tertiary/aromatic N) is 3. The Balaban J connectivity index is 1.71. The molecule has 0 N–H and O–H groups in total. The number of rotatable bonds is 2. The lowest BCUT2D eigenvalue weighted by Crippen LogP contribution is -2.33. The molecule has 82 valence electrons. The molecule has 0 atom stereocenters. The van der Waals surface area contributed by atoms with E-state index in [1.807, 2.05) is 6.20 Å².